The molecule has 0 radical (unpaired) electrons. The summed E-state index contributed by atoms with van der Waals surface area (Å²) in [5.41, 5.74) is 4.74. The van der Waals surface area contributed by atoms with Crippen molar-refractivity contribution in [3.05, 3.63) is 93.3 Å². The minimum absolute atomic E-state index is 0.0795. The number of esters is 1. The van der Waals surface area contributed by atoms with Crippen LogP contribution in [0.3, 0.4) is 0 Å². The highest BCUT2D eigenvalue weighted by Gasteiger charge is 2.39. The molecule has 2 aromatic rings. The molecule has 1 N–H and O–H groups in total. The molecular weight excluding hydrogens is 398 g/mol. The summed E-state index contributed by atoms with van der Waals surface area (Å²) in [5.74, 6) is -0.779. The fourth-order valence-electron chi connectivity index (χ4n) is 4.26. The predicted octanol–water partition coefficient (Wildman–Crippen LogP) is 5.09. The number of benzene rings is 2. The Morgan fingerprint density at radius 3 is 2.70 bits per heavy atom. The monoisotopic (exact) mass is 421 g/mol. The third kappa shape index (κ3) is 4.19. The van der Waals surface area contributed by atoms with Crippen LogP contribution >= 0.6 is 11.6 Å². The largest absolute Gasteiger partial charge is 0.462 e. The van der Waals surface area contributed by atoms with Crippen LogP contribution < -0.4 is 5.32 Å². The Kier molecular flexibility index (Phi) is 6.05. The van der Waals surface area contributed by atoms with E-state index in [1.807, 2.05) is 55.5 Å². The third-order valence-corrected chi connectivity index (χ3v) is 5.88. The van der Waals surface area contributed by atoms with E-state index in [-0.39, 0.29) is 12.4 Å². The van der Waals surface area contributed by atoms with Gasteiger partial charge >= 0.3 is 5.97 Å². The van der Waals surface area contributed by atoms with Gasteiger partial charge in [-0.2, -0.15) is 0 Å². The highest BCUT2D eigenvalue weighted by atomic mass is 35.5. The number of allylic oxidation sites excluding steroid dienone is 3. The average Bonchev–Trinajstić information content (AvgIpc) is 2.73. The van der Waals surface area contributed by atoms with Crippen molar-refractivity contribution in [2.24, 2.45) is 0 Å². The van der Waals surface area contributed by atoms with E-state index < -0.39 is 11.9 Å². The second-order valence-corrected chi connectivity index (χ2v) is 8.13. The van der Waals surface area contributed by atoms with E-state index in [0.717, 1.165) is 35.4 Å². The molecule has 2 aliphatic rings. The second kappa shape index (κ2) is 8.88. The van der Waals surface area contributed by atoms with Gasteiger partial charge in [0.2, 0.25) is 0 Å². The van der Waals surface area contributed by atoms with E-state index in [1.54, 1.807) is 6.07 Å². The molecule has 1 unspecified atom stereocenters. The lowest BCUT2D eigenvalue weighted by atomic mass is 9.75. The van der Waals surface area contributed by atoms with Crippen LogP contribution in [0.5, 0.6) is 0 Å². The molecule has 0 saturated heterocycles. The van der Waals surface area contributed by atoms with Gasteiger partial charge in [-0.3, -0.25) is 4.79 Å². The molecule has 0 saturated carbocycles. The van der Waals surface area contributed by atoms with Crippen molar-refractivity contribution in [1.29, 1.82) is 0 Å². The molecule has 5 heteroatoms. The first-order valence-corrected chi connectivity index (χ1v) is 10.6. The highest BCUT2D eigenvalue weighted by Crippen LogP contribution is 2.42. The minimum Gasteiger partial charge on any atom is -0.462 e. The van der Waals surface area contributed by atoms with Crippen LogP contribution in [0, 0.1) is 0 Å². The molecule has 1 aliphatic heterocycles. The smallest absolute Gasteiger partial charge is 0.336 e. The maximum Gasteiger partial charge on any atom is 0.336 e. The van der Waals surface area contributed by atoms with E-state index in [1.165, 1.54) is 0 Å². The molecule has 1 heterocycles. The number of ether oxygens (including phenoxy) is 1. The molecule has 0 spiro atoms. The zero-order valence-corrected chi connectivity index (χ0v) is 17.7. The van der Waals surface area contributed by atoms with Crippen LogP contribution in [-0.4, -0.2) is 18.4 Å². The molecule has 1 atom stereocenters. The van der Waals surface area contributed by atoms with Gasteiger partial charge in [-0.1, -0.05) is 54.1 Å². The standard InChI is InChI=1S/C25H24ClNO3/c1-16-22(25(29)30-14-13-17-7-3-2-4-8-17)23(18-9-5-10-19(26)15-18)24-20(27-16)11-6-12-21(24)28/h2-5,7-10,15,23,27H,6,11-14H2,1H3. The lowest BCUT2D eigenvalue weighted by Gasteiger charge is -2.34. The molecule has 1 aliphatic carbocycles. The van der Waals surface area contributed by atoms with Gasteiger partial charge in [-0.05, 0) is 43.0 Å². The summed E-state index contributed by atoms with van der Waals surface area (Å²) in [6.45, 7) is 2.15. The molecule has 4 nitrogen and oxygen atoms in total. The Morgan fingerprint density at radius 1 is 1.13 bits per heavy atom. The van der Waals surface area contributed by atoms with Crippen molar-refractivity contribution in [3.8, 4) is 0 Å². The molecular formula is C25H24ClNO3. The summed E-state index contributed by atoms with van der Waals surface area (Å²) < 4.78 is 5.65. The topological polar surface area (TPSA) is 55.4 Å². The minimum atomic E-state index is -0.461. The molecule has 0 fully saturated rings. The average molecular weight is 422 g/mol. The van der Waals surface area contributed by atoms with Crippen LogP contribution in [0.15, 0.2) is 77.1 Å². The molecule has 154 valence electrons. The number of Topliss-reactive ketones (excluding diaryl/α,β-unsaturated/α-hetero) is 1. The lowest BCUT2D eigenvalue weighted by Crippen LogP contribution is -2.34. The zero-order chi connectivity index (χ0) is 21.1. The number of nitrogens with one attached hydrogen (secondary N) is 1. The first-order chi connectivity index (χ1) is 14.5. The Morgan fingerprint density at radius 2 is 1.93 bits per heavy atom. The van der Waals surface area contributed by atoms with Crippen molar-refractivity contribution in [2.75, 3.05) is 6.61 Å². The first kappa shape index (κ1) is 20.4. The number of rotatable bonds is 5. The van der Waals surface area contributed by atoms with Crippen molar-refractivity contribution >= 4 is 23.4 Å². The summed E-state index contributed by atoms with van der Waals surface area (Å²) in [6.07, 6.45) is 2.75. The van der Waals surface area contributed by atoms with Crippen LogP contribution in [0.25, 0.3) is 0 Å². The van der Waals surface area contributed by atoms with Gasteiger partial charge in [0.15, 0.2) is 5.78 Å². The van der Waals surface area contributed by atoms with Crippen LogP contribution in [0.2, 0.25) is 5.02 Å². The number of hydrogen-bond acceptors (Lipinski definition) is 4. The lowest BCUT2D eigenvalue weighted by molar-refractivity contribution is -0.139. The number of carbonyl (C=O) groups excluding carboxylic acids is 2. The van der Waals surface area contributed by atoms with Gasteiger partial charge in [0.05, 0.1) is 12.2 Å². The summed E-state index contributed by atoms with van der Waals surface area (Å²) in [7, 11) is 0. The van der Waals surface area contributed by atoms with Gasteiger partial charge in [0, 0.05) is 40.7 Å². The number of hydrogen-bond donors (Lipinski definition) is 1. The van der Waals surface area contributed by atoms with Gasteiger partial charge in [-0.15, -0.1) is 0 Å². The third-order valence-electron chi connectivity index (χ3n) is 5.64. The molecule has 0 bridgehead atoms. The normalized spacial score (nSPS) is 18.7. The summed E-state index contributed by atoms with van der Waals surface area (Å²) in [4.78, 5) is 26.0. The molecule has 0 aromatic heterocycles. The van der Waals surface area contributed by atoms with Crippen molar-refractivity contribution in [1.82, 2.24) is 5.32 Å². The zero-order valence-electron chi connectivity index (χ0n) is 16.9. The Balaban J connectivity index is 1.64. The fourth-order valence-corrected chi connectivity index (χ4v) is 4.46. The van der Waals surface area contributed by atoms with Crippen LogP contribution in [-0.2, 0) is 20.7 Å². The summed E-state index contributed by atoms with van der Waals surface area (Å²) >= 11 is 6.24. The number of carbonyl (C=O) groups is 2. The van der Waals surface area contributed by atoms with Gasteiger partial charge in [-0.25, -0.2) is 4.79 Å². The summed E-state index contributed by atoms with van der Waals surface area (Å²) in [6, 6.07) is 17.3. The molecule has 0 amide bonds. The molecule has 4 rings (SSSR count). The van der Waals surface area contributed by atoms with Gasteiger partial charge in [0.25, 0.3) is 0 Å². The second-order valence-electron chi connectivity index (χ2n) is 7.69. The van der Waals surface area contributed by atoms with E-state index in [4.69, 9.17) is 16.3 Å². The Labute approximate surface area is 181 Å². The number of ketones is 1. The molecule has 30 heavy (non-hydrogen) atoms. The Bertz CT molecular complexity index is 1040. The van der Waals surface area contributed by atoms with E-state index in [9.17, 15) is 9.59 Å². The summed E-state index contributed by atoms with van der Waals surface area (Å²) in [5, 5.41) is 3.88. The quantitative estimate of drug-likeness (QED) is 0.683. The van der Waals surface area contributed by atoms with E-state index in [2.05, 4.69) is 5.32 Å². The Hall–Kier alpha value is -2.85. The van der Waals surface area contributed by atoms with Gasteiger partial charge < -0.3 is 10.1 Å². The van der Waals surface area contributed by atoms with E-state index >= 15 is 0 Å². The highest BCUT2D eigenvalue weighted by molar-refractivity contribution is 6.30. The SMILES string of the molecule is CC1=C(C(=O)OCCc2ccccc2)C(c2cccc(Cl)c2)C2=C(CCCC2=O)N1. The fraction of sp³-hybridized carbons (Fsp3) is 0.280. The number of dihydropyridines is 1. The van der Waals surface area contributed by atoms with E-state index in [0.29, 0.717) is 29.0 Å². The van der Waals surface area contributed by atoms with Crippen molar-refractivity contribution < 1.29 is 14.3 Å². The maximum absolute atomic E-state index is 13.2. The van der Waals surface area contributed by atoms with Crippen LogP contribution in [0.4, 0.5) is 0 Å². The predicted molar refractivity (Wildman–Crippen MR) is 117 cm³/mol. The van der Waals surface area contributed by atoms with Crippen LogP contribution in [0.1, 0.15) is 43.2 Å². The number of halogens is 1. The maximum atomic E-state index is 13.2. The van der Waals surface area contributed by atoms with Crippen molar-refractivity contribution in [3.63, 3.8) is 0 Å². The molecule has 2 aromatic carbocycles. The first-order valence-electron chi connectivity index (χ1n) is 10.2. The van der Waals surface area contributed by atoms with Gasteiger partial charge in [0.1, 0.15) is 0 Å². The van der Waals surface area contributed by atoms with Crippen molar-refractivity contribution in [2.45, 2.75) is 38.5 Å².